The zero-order valence-electron chi connectivity index (χ0n) is 14.9. The Hall–Kier alpha value is -2.84. The summed E-state index contributed by atoms with van der Waals surface area (Å²) in [5, 5.41) is 20.9. The number of rotatable bonds is 7. The fourth-order valence-electron chi connectivity index (χ4n) is 2.54. The molecule has 8 nitrogen and oxygen atoms in total. The first-order chi connectivity index (χ1) is 13.3. The van der Waals surface area contributed by atoms with Gasteiger partial charge in [0.15, 0.2) is 11.5 Å². The number of anilines is 1. The predicted octanol–water partition coefficient (Wildman–Crippen LogP) is 3.47. The van der Waals surface area contributed by atoms with E-state index in [9.17, 15) is 9.59 Å². The van der Waals surface area contributed by atoms with Gasteiger partial charge in [-0.1, -0.05) is 29.3 Å². The van der Waals surface area contributed by atoms with Crippen molar-refractivity contribution in [2.45, 2.75) is 26.4 Å². The summed E-state index contributed by atoms with van der Waals surface area (Å²) >= 11 is 12.1. The van der Waals surface area contributed by atoms with Crippen LogP contribution in [0, 0.1) is 6.92 Å². The smallest absolute Gasteiger partial charge is 0.305 e. The highest BCUT2D eigenvalue weighted by atomic mass is 35.5. The molecule has 28 heavy (non-hydrogen) atoms. The Labute approximate surface area is 170 Å². The number of nitrogens with zero attached hydrogens (tertiary/aromatic N) is 4. The average molecular weight is 422 g/mol. The third-order valence-corrected chi connectivity index (χ3v) is 4.57. The minimum absolute atomic E-state index is 0.0698. The number of aliphatic carboxylic acids is 1. The molecule has 3 rings (SSSR count). The zero-order valence-corrected chi connectivity index (χ0v) is 16.4. The van der Waals surface area contributed by atoms with Gasteiger partial charge in [-0.3, -0.25) is 19.0 Å². The molecule has 3 aromatic rings. The highest BCUT2D eigenvalue weighted by molar-refractivity contribution is 6.35. The van der Waals surface area contributed by atoms with Gasteiger partial charge in [0.25, 0.3) is 5.91 Å². The molecule has 1 aromatic carbocycles. The second kappa shape index (κ2) is 8.45. The minimum atomic E-state index is -0.927. The number of carboxylic acids is 1. The monoisotopic (exact) mass is 421 g/mol. The molecule has 0 spiro atoms. The fraction of sp³-hybridized carbons (Fsp3) is 0.222. The normalized spacial score (nSPS) is 10.8. The number of halogens is 2. The van der Waals surface area contributed by atoms with Crippen molar-refractivity contribution >= 4 is 40.9 Å². The van der Waals surface area contributed by atoms with Gasteiger partial charge in [0.2, 0.25) is 0 Å². The van der Waals surface area contributed by atoms with Crippen molar-refractivity contribution in [2.24, 2.45) is 0 Å². The topological polar surface area (TPSA) is 102 Å². The summed E-state index contributed by atoms with van der Waals surface area (Å²) in [6.45, 7) is 2.49. The van der Waals surface area contributed by atoms with Gasteiger partial charge in [0.1, 0.15) is 0 Å². The molecule has 0 saturated carbocycles. The zero-order chi connectivity index (χ0) is 20.3. The van der Waals surface area contributed by atoms with E-state index in [0.717, 1.165) is 11.3 Å². The highest BCUT2D eigenvalue weighted by Gasteiger charge is 2.14. The molecule has 2 heterocycles. The molecule has 0 atom stereocenters. The molecule has 0 aliphatic heterocycles. The minimum Gasteiger partial charge on any atom is -0.481 e. The molecule has 0 radical (unpaired) electrons. The summed E-state index contributed by atoms with van der Waals surface area (Å²) in [7, 11) is 0. The molecule has 0 bridgehead atoms. The van der Waals surface area contributed by atoms with Crippen molar-refractivity contribution in [3.63, 3.8) is 0 Å². The van der Waals surface area contributed by atoms with Gasteiger partial charge in [-0.2, -0.15) is 10.2 Å². The fourth-order valence-corrected chi connectivity index (χ4v) is 3.01. The lowest BCUT2D eigenvalue weighted by Gasteiger charge is -2.07. The summed E-state index contributed by atoms with van der Waals surface area (Å²) in [6.07, 6.45) is 1.49. The van der Waals surface area contributed by atoms with Crippen LogP contribution >= 0.6 is 23.2 Å². The molecule has 0 unspecified atom stereocenters. The average Bonchev–Trinajstić information content (AvgIpc) is 3.22. The third-order valence-electron chi connectivity index (χ3n) is 3.99. The van der Waals surface area contributed by atoms with Crippen molar-refractivity contribution in [3.05, 3.63) is 63.5 Å². The van der Waals surface area contributed by atoms with E-state index in [1.165, 1.54) is 10.7 Å². The van der Waals surface area contributed by atoms with E-state index in [1.807, 2.05) is 13.0 Å². The summed E-state index contributed by atoms with van der Waals surface area (Å²) < 4.78 is 3.13. The summed E-state index contributed by atoms with van der Waals surface area (Å²) in [5.74, 6) is -0.973. The number of aryl methyl sites for hydroxylation is 2. The van der Waals surface area contributed by atoms with Crippen molar-refractivity contribution in [3.8, 4) is 0 Å². The van der Waals surface area contributed by atoms with E-state index >= 15 is 0 Å². The summed E-state index contributed by atoms with van der Waals surface area (Å²) in [4.78, 5) is 23.0. The van der Waals surface area contributed by atoms with Crippen molar-refractivity contribution in [1.82, 2.24) is 19.6 Å². The van der Waals surface area contributed by atoms with Crippen LogP contribution in [-0.4, -0.2) is 36.5 Å². The Bertz CT molecular complexity index is 1030. The van der Waals surface area contributed by atoms with E-state index in [-0.39, 0.29) is 18.7 Å². The number of benzene rings is 1. The van der Waals surface area contributed by atoms with Gasteiger partial charge in [-0.15, -0.1) is 0 Å². The first kappa shape index (κ1) is 19.9. The van der Waals surface area contributed by atoms with E-state index < -0.39 is 11.9 Å². The second-order valence-corrected chi connectivity index (χ2v) is 6.97. The molecule has 0 aliphatic carbocycles. The number of amides is 1. The maximum absolute atomic E-state index is 12.3. The number of nitrogens with one attached hydrogen (secondary N) is 1. The Balaban J connectivity index is 1.67. The van der Waals surface area contributed by atoms with Gasteiger partial charge >= 0.3 is 5.97 Å². The number of carboxylic acid groups (broad SMARTS) is 1. The van der Waals surface area contributed by atoms with Crippen molar-refractivity contribution in [1.29, 1.82) is 0 Å². The Morgan fingerprint density at radius 3 is 2.68 bits per heavy atom. The van der Waals surface area contributed by atoms with Crippen molar-refractivity contribution in [2.75, 3.05) is 5.32 Å². The lowest BCUT2D eigenvalue weighted by Crippen LogP contribution is -2.14. The van der Waals surface area contributed by atoms with Crippen LogP contribution in [0.5, 0.6) is 0 Å². The lowest BCUT2D eigenvalue weighted by atomic mass is 10.2. The van der Waals surface area contributed by atoms with Crippen LogP contribution in [0.15, 0.2) is 36.5 Å². The van der Waals surface area contributed by atoms with Crippen LogP contribution in [0.1, 0.15) is 28.2 Å². The van der Waals surface area contributed by atoms with Gasteiger partial charge in [-0.25, -0.2) is 0 Å². The summed E-state index contributed by atoms with van der Waals surface area (Å²) in [6, 6.07) is 8.51. The van der Waals surface area contributed by atoms with Crippen LogP contribution in [0.2, 0.25) is 10.0 Å². The number of carbonyl (C=O) groups is 2. The lowest BCUT2D eigenvalue weighted by molar-refractivity contribution is -0.137. The molecule has 2 N–H and O–H groups in total. The predicted molar refractivity (Wildman–Crippen MR) is 105 cm³/mol. The largest absolute Gasteiger partial charge is 0.481 e. The standard InChI is InChI=1S/C18H17Cl2N5O3/c1-11-8-16(23-25(11)10-12-2-3-13(19)9-14(12)20)21-18(28)15-4-6-24(22-15)7-5-17(26)27/h2-4,6,8-9H,5,7,10H2,1H3,(H,26,27)(H,21,23,28). The van der Waals surface area contributed by atoms with E-state index in [1.54, 1.807) is 29.1 Å². The Morgan fingerprint density at radius 2 is 1.96 bits per heavy atom. The molecule has 0 aliphatic rings. The Morgan fingerprint density at radius 1 is 1.18 bits per heavy atom. The van der Waals surface area contributed by atoms with Crippen LogP contribution in [0.4, 0.5) is 5.82 Å². The Kier molecular flexibility index (Phi) is 6.01. The maximum Gasteiger partial charge on any atom is 0.305 e. The first-order valence-corrected chi connectivity index (χ1v) is 9.12. The number of hydrogen-bond donors (Lipinski definition) is 2. The maximum atomic E-state index is 12.3. The van der Waals surface area contributed by atoms with E-state index in [4.69, 9.17) is 28.3 Å². The highest BCUT2D eigenvalue weighted by Crippen LogP contribution is 2.22. The van der Waals surface area contributed by atoms with Crippen LogP contribution in [-0.2, 0) is 17.9 Å². The van der Waals surface area contributed by atoms with Crippen LogP contribution < -0.4 is 5.32 Å². The quantitative estimate of drug-likeness (QED) is 0.607. The number of carbonyl (C=O) groups excluding carboxylic acids is 1. The van der Waals surface area contributed by atoms with E-state index in [0.29, 0.717) is 22.4 Å². The molecule has 0 saturated heterocycles. The van der Waals surface area contributed by atoms with Gasteiger partial charge < -0.3 is 10.4 Å². The number of aromatic nitrogens is 4. The molecular formula is C18H17Cl2N5O3. The SMILES string of the molecule is Cc1cc(NC(=O)c2ccn(CCC(=O)O)n2)nn1Cc1ccc(Cl)cc1Cl. The molecule has 2 aromatic heterocycles. The van der Waals surface area contributed by atoms with Gasteiger partial charge in [0.05, 0.1) is 19.5 Å². The van der Waals surface area contributed by atoms with Crippen LogP contribution in [0.3, 0.4) is 0 Å². The van der Waals surface area contributed by atoms with E-state index in [2.05, 4.69) is 15.5 Å². The number of hydrogen-bond acceptors (Lipinski definition) is 4. The third kappa shape index (κ3) is 4.90. The first-order valence-electron chi connectivity index (χ1n) is 8.37. The molecule has 10 heteroatoms. The van der Waals surface area contributed by atoms with Gasteiger partial charge in [-0.05, 0) is 30.7 Å². The molecule has 1 amide bonds. The van der Waals surface area contributed by atoms with Gasteiger partial charge in [0, 0.05) is 28.0 Å². The second-order valence-electron chi connectivity index (χ2n) is 6.13. The van der Waals surface area contributed by atoms with Crippen molar-refractivity contribution < 1.29 is 14.7 Å². The molecule has 146 valence electrons. The summed E-state index contributed by atoms with van der Waals surface area (Å²) in [5.41, 5.74) is 1.87. The van der Waals surface area contributed by atoms with Crippen LogP contribution in [0.25, 0.3) is 0 Å². The molecular weight excluding hydrogens is 405 g/mol. The molecule has 0 fully saturated rings.